The third-order valence-corrected chi connectivity index (χ3v) is 7.01. The van der Waals surface area contributed by atoms with Crippen molar-refractivity contribution in [3.63, 3.8) is 0 Å². The quantitative estimate of drug-likeness (QED) is 0.424. The number of ether oxygens (including phenoxy) is 1. The maximum atomic E-state index is 14.0. The van der Waals surface area contributed by atoms with Crippen LogP contribution in [0.25, 0.3) is 0 Å². The number of alkyl halides is 4. The van der Waals surface area contributed by atoms with Crippen molar-refractivity contribution in [1.82, 2.24) is 0 Å². The maximum Gasteiger partial charge on any atom is 0.572 e. The zero-order chi connectivity index (χ0) is 20.3. The highest BCUT2D eigenvalue weighted by Gasteiger charge is 2.38. The van der Waals surface area contributed by atoms with Crippen LogP contribution in [0.4, 0.5) is 22.0 Å². The van der Waals surface area contributed by atoms with Crippen molar-refractivity contribution >= 4 is 0 Å². The molecule has 0 radical (unpaired) electrons. The molecule has 0 bridgehead atoms. The Morgan fingerprint density at radius 1 is 0.964 bits per heavy atom. The molecule has 1 nitrogen and oxygen atoms in total. The largest absolute Gasteiger partial charge is 0.572 e. The predicted molar refractivity (Wildman–Crippen MR) is 98.7 cm³/mol. The lowest BCUT2D eigenvalue weighted by atomic mass is 9.69. The molecular formula is C22H31F5O. The molecule has 0 N–H and O–H groups in total. The first kappa shape index (κ1) is 21.6. The summed E-state index contributed by atoms with van der Waals surface area (Å²) in [7, 11) is 0. The number of hydrogen-bond donors (Lipinski definition) is 0. The SMILES string of the molecule is CC1CCC(C2CCC(CCC3=CC(F)=C(OC(F)(F)F)C(F)C3)CC2)CC1. The maximum absolute atomic E-state index is 14.0. The summed E-state index contributed by atoms with van der Waals surface area (Å²) in [5, 5.41) is 0. The average Bonchev–Trinajstić information content (AvgIpc) is 2.63. The second kappa shape index (κ2) is 9.17. The lowest BCUT2D eigenvalue weighted by molar-refractivity contribution is -0.310. The summed E-state index contributed by atoms with van der Waals surface area (Å²) in [6.07, 6.45) is 5.30. The molecule has 0 heterocycles. The lowest BCUT2D eigenvalue weighted by Crippen LogP contribution is -2.25. The molecule has 3 rings (SSSR count). The third kappa shape index (κ3) is 5.96. The minimum atomic E-state index is -5.07. The molecule has 1 atom stereocenters. The van der Waals surface area contributed by atoms with E-state index in [2.05, 4.69) is 11.7 Å². The highest BCUT2D eigenvalue weighted by Crippen LogP contribution is 2.43. The summed E-state index contributed by atoms with van der Waals surface area (Å²) in [5.41, 5.74) is 0.544. The Morgan fingerprint density at radius 3 is 2.07 bits per heavy atom. The van der Waals surface area contributed by atoms with E-state index < -0.39 is 24.1 Å². The van der Waals surface area contributed by atoms with Gasteiger partial charge in [0.05, 0.1) is 0 Å². The van der Waals surface area contributed by atoms with Gasteiger partial charge in [-0.05, 0) is 68.3 Å². The van der Waals surface area contributed by atoms with Crippen LogP contribution in [-0.2, 0) is 4.74 Å². The van der Waals surface area contributed by atoms with Gasteiger partial charge in [0, 0.05) is 6.42 Å². The summed E-state index contributed by atoms with van der Waals surface area (Å²) in [6, 6.07) is 0. The molecule has 3 aliphatic rings. The molecular weight excluding hydrogens is 375 g/mol. The van der Waals surface area contributed by atoms with Crippen molar-refractivity contribution in [3.05, 3.63) is 23.2 Å². The van der Waals surface area contributed by atoms with E-state index in [0.29, 0.717) is 17.9 Å². The number of rotatable bonds is 5. The molecule has 0 saturated heterocycles. The van der Waals surface area contributed by atoms with E-state index in [1.54, 1.807) is 0 Å². The summed E-state index contributed by atoms with van der Waals surface area (Å²) in [5.74, 6) is 0.650. The zero-order valence-electron chi connectivity index (χ0n) is 16.5. The van der Waals surface area contributed by atoms with Gasteiger partial charge in [-0.15, -0.1) is 13.2 Å². The first-order valence-corrected chi connectivity index (χ1v) is 10.7. The molecule has 0 aromatic heterocycles. The molecule has 160 valence electrons. The fraction of sp³-hybridized carbons (Fsp3) is 0.818. The van der Waals surface area contributed by atoms with Gasteiger partial charge in [-0.2, -0.15) is 0 Å². The van der Waals surface area contributed by atoms with Gasteiger partial charge in [0.15, 0.2) is 17.8 Å². The van der Waals surface area contributed by atoms with E-state index in [0.717, 1.165) is 43.1 Å². The summed E-state index contributed by atoms with van der Waals surface area (Å²) < 4.78 is 68.1. The first-order chi connectivity index (χ1) is 13.2. The van der Waals surface area contributed by atoms with Crippen molar-refractivity contribution < 1.29 is 26.7 Å². The molecule has 1 unspecified atom stereocenters. The molecule has 6 heteroatoms. The monoisotopic (exact) mass is 406 g/mol. The van der Waals surface area contributed by atoms with Crippen molar-refractivity contribution in [3.8, 4) is 0 Å². The summed E-state index contributed by atoms with van der Waals surface area (Å²) in [4.78, 5) is 0. The fourth-order valence-electron chi connectivity index (χ4n) is 5.29. The highest BCUT2D eigenvalue weighted by atomic mass is 19.4. The number of halogens is 5. The van der Waals surface area contributed by atoms with Gasteiger partial charge in [-0.3, -0.25) is 0 Å². The van der Waals surface area contributed by atoms with Crippen LogP contribution >= 0.6 is 0 Å². The fourth-order valence-corrected chi connectivity index (χ4v) is 5.29. The van der Waals surface area contributed by atoms with E-state index in [4.69, 9.17) is 0 Å². The lowest BCUT2D eigenvalue weighted by Gasteiger charge is -2.37. The van der Waals surface area contributed by atoms with Crippen molar-refractivity contribution in [2.75, 3.05) is 0 Å². The number of allylic oxidation sites excluding steroid dienone is 4. The summed E-state index contributed by atoms with van der Waals surface area (Å²) in [6.45, 7) is 2.34. The molecule has 2 saturated carbocycles. The second-order valence-electron chi connectivity index (χ2n) is 9.07. The normalized spacial score (nSPS) is 34.9. The Bertz CT molecular complexity index is 578. The van der Waals surface area contributed by atoms with Crippen LogP contribution in [0.3, 0.4) is 0 Å². The van der Waals surface area contributed by atoms with Gasteiger partial charge in [-0.25, -0.2) is 8.78 Å². The van der Waals surface area contributed by atoms with Crippen LogP contribution < -0.4 is 0 Å². The van der Waals surface area contributed by atoms with E-state index in [1.807, 2.05) is 0 Å². The minimum Gasteiger partial charge on any atom is -0.404 e. The van der Waals surface area contributed by atoms with Gasteiger partial charge in [0.1, 0.15) is 0 Å². The van der Waals surface area contributed by atoms with Crippen molar-refractivity contribution in [1.29, 1.82) is 0 Å². The van der Waals surface area contributed by atoms with Crippen molar-refractivity contribution in [2.24, 2.45) is 23.7 Å². The minimum absolute atomic E-state index is 0.214. The van der Waals surface area contributed by atoms with Gasteiger partial charge < -0.3 is 4.74 Å². The van der Waals surface area contributed by atoms with Crippen LogP contribution in [0.1, 0.15) is 77.6 Å². The first-order valence-electron chi connectivity index (χ1n) is 10.7. The predicted octanol–water partition coefficient (Wildman–Crippen LogP) is 7.79. The van der Waals surface area contributed by atoms with Gasteiger partial charge in [0.25, 0.3) is 0 Å². The average molecular weight is 406 g/mol. The van der Waals surface area contributed by atoms with E-state index in [-0.39, 0.29) is 6.42 Å². The second-order valence-corrected chi connectivity index (χ2v) is 9.07. The Labute approximate surface area is 164 Å². The Morgan fingerprint density at radius 2 is 1.54 bits per heavy atom. The van der Waals surface area contributed by atoms with E-state index in [9.17, 15) is 22.0 Å². The van der Waals surface area contributed by atoms with Crippen LogP contribution in [0.5, 0.6) is 0 Å². The summed E-state index contributed by atoms with van der Waals surface area (Å²) >= 11 is 0. The molecule has 0 aliphatic heterocycles. The highest BCUT2D eigenvalue weighted by molar-refractivity contribution is 5.29. The Kier molecular flexibility index (Phi) is 7.08. The van der Waals surface area contributed by atoms with Crippen LogP contribution in [0.15, 0.2) is 23.2 Å². The molecule has 28 heavy (non-hydrogen) atoms. The molecule has 0 aromatic rings. The standard InChI is InChI=1S/C22H31F5O/c1-14-2-8-17(9-3-14)18-10-6-15(7-11-18)4-5-16-12-19(23)21(20(24)13-16)28-22(25,26)27/h12,14-15,17-18,20H,2-11,13H2,1H3. The Balaban J connectivity index is 1.45. The van der Waals surface area contributed by atoms with Gasteiger partial charge in [0.2, 0.25) is 0 Å². The van der Waals surface area contributed by atoms with Crippen LogP contribution in [-0.4, -0.2) is 12.5 Å². The third-order valence-electron chi connectivity index (χ3n) is 7.01. The van der Waals surface area contributed by atoms with E-state index >= 15 is 0 Å². The van der Waals surface area contributed by atoms with Gasteiger partial charge in [-0.1, -0.05) is 38.2 Å². The molecule has 0 aromatic carbocycles. The molecule has 3 aliphatic carbocycles. The zero-order valence-corrected chi connectivity index (χ0v) is 16.5. The topological polar surface area (TPSA) is 9.23 Å². The smallest absolute Gasteiger partial charge is 0.404 e. The molecule has 0 amide bonds. The van der Waals surface area contributed by atoms with Crippen molar-refractivity contribution in [2.45, 2.75) is 90.1 Å². The van der Waals surface area contributed by atoms with E-state index in [1.165, 1.54) is 38.5 Å². The number of hydrogen-bond acceptors (Lipinski definition) is 1. The van der Waals surface area contributed by atoms with Crippen LogP contribution in [0.2, 0.25) is 0 Å². The van der Waals surface area contributed by atoms with Gasteiger partial charge >= 0.3 is 6.36 Å². The molecule has 0 spiro atoms. The molecule has 2 fully saturated rings. The Hall–Kier alpha value is -1.07. The van der Waals surface area contributed by atoms with Crippen LogP contribution in [0, 0.1) is 23.7 Å².